The number of aromatic nitrogens is 1. The summed E-state index contributed by atoms with van der Waals surface area (Å²) < 4.78 is 9.51. The zero-order valence-electron chi connectivity index (χ0n) is 9.02. The Morgan fingerprint density at radius 3 is 2.75 bits per heavy atom. The Morgan fingerprint density at radius 2 is 2.19 bits per heavy atom. The number of esters is 2. The lowest BCUT2D eigenvalue weighted by molar-refractivity contribution is -0.152. The number of pyridine rings is 1. The van der Waals surface area contributed by atoms with E-state index in [1.165, 1.54) is 7.11 Å². The zero-order chi connectivity index (χ0) is 11.7. The normalized spacial score (nSPS) is 19.8. The molecular weight excluding hydrogens is 210 g/mol. The summed E-state index contributed by atoms with van der Waals surface area (Å²) in [5.74, 6) is -1.08. The molecule has 1 saturated heterocycles. The molecule has 2 rings (SSSR count). The highest BCUT2D eigenvalue weighted by Gasteiger charge is 2.35. The summed E-state index contributed by atoms with van der Waals surface area (Å²) in [7, 11) is 1.50. The maximum atomic E-state index is 11.4. The van der Waals surface area contributed by atoms with Crippen LogP contribution in [0.5, 0.6) is 5.88 Å². The summed E-state index contributed by atoms with van der Waals surface area (Å²) in [6.07, 6.45) is 0.0887. The zero-order valence-corrected chi connectivity index (χ0v) is 9.02. The molecule has 1 unspecified atom stereocenters. The van der Waals surface area contributed by atoms with Crippen molar-refractivity contribution in [1.29, 1.82) is 0 Å². The fourth-order valence-electron chi connectivity index (χ4n) is 1.70. The predicted molar refractivity (Wildman–Crippen MR) is 54.0 cm³/mol. The van der Waals surface area contributed by atoms with Gasteiger partial charge in [0.15, 0.2) is 0 Å². The highest BCUT2D eigenvalue weighted by Crippen LogP contribution is 2.29. The molecule has 0 amide bonds. The van der Waals surface area contributed by atoms with Crippen LogP contribution in [0.3, 0.4) is 0 Å². The lowest BCUT2D eigenvalue weighted by atomic mass is 9.98. The Bertz CT molecular complexity index is 455. The van der Waals surface area contributed by atoms with Crippen molar-refractivity contribution in [3.05, 3.63) is 23.4 Å². The second kappa shape index (κ2) is 3.92. The number of aryl methyl sites for hydroxylation is 1. The first kappa shape index (κ1) is 10.6. The Labute approximate surface area is 92.4 Å². The molecule has 0 bridgehead atoms. The van der Waals surface area contributed by atoms with Gasteiger partial charge in [-0.25, -0.2) is 4.98 Å². The first-order valence-electron chi connectivity index (χ1n) is 4.87. The van der Waals surface area contributed by atoms with Crippen molar-refractivity contribution in [2.24, 2.45) is 0 Å². The van der Waals surface area contributed by atoms with Crippen molar-refractivity contribution in [2.45, 2.75) is 19.3 Å². The number of cyclic esters (lactones) is 2. The summed E-state index contributed by atoms with van der Waals surface area (Å²) >= 11 is 0. The summed E-state index contributed by atoms with van der Waals surface area (Å²) in [5, 5.41) is 0. The third-order valence-electron chi connectivity index (χ3n) is 2.43. The van der Waals surface area contributed by atoms with Gasteiger partial charge in [0.2, 0.25) is 5.88 Å². The van der Waals surface area contributed by atoms with Crippen LogP contribution >= 0.6 is 0 Å². The second-order valence-corrected chi connectivity index (χ2v) is 3.63. The van der Waals surface area contributed by atoms with Gasteiger partial charge >= 0.3 is 11.9 Å². The molecule has 84 valence electrons. The van der Waals surface area contributed by atoms with E-state index in [1.54, 1.807) is 19.1 Å². The van der Waals surface area contributed by atoms with E-state index in [9.17, 15) is 9.59 Å². The highest BCUT2D eigenvalue weighted by atomic mass is 16.6. The van der Waals surface area contributed by atoms with Gasteiger partial charge in [-0.2, -0.15) is 0 Å². The van der Waals surface area contributed by atoms with Gasteiger partial charge in [-0.15, -0.1) is 0 Å². The third-order valence-corrected chi connectivity index (χ3v) is 2.43. The first-order chi connectivity index (χ1) is 7.60. The van der Waals surface area contributed by atoms with Gasteiger partial charge in [0.1, 0.15) is 0 Å². The molecule has 1 atom stereocenters. The summed E-state index contributed by atoms with van der Waals surface area (Å²) in [6, 6.07) is 3.41. The Balaban J connectivity index is 2.36. The monoisotopic (exact) mass is 221 g/mol. The van der Waals surface area contributed by atoms with E-state index in [4.69, 9.17) is 4.74 Å². The van der Waals surface area contributed by atoms with Crippen LogP contribution in [0.25, 0.3) is 0 Å². The topological polar surface area (TPSA) is 65.5 Å². The maximum Gasteiger partial charge on any atom is 0.321 e. The van der Waals surface area contributed by atoms with Gasteiger partial charge in [0, 0.05) is 11.8 Å². The smallest absolute Gasteiger partial charge is 0.321 e. The van der Waals surface area contributed by atoms with Crippen molar-refractivity contribution in [1.82, 2.24) is 4.98 Å². The SMILES string of the molecule is COc1cc(C2CC(=O)OC2=O)cc(C)n1. The number of hydrogen-bond donors (Lipinski definition) is 0. The summed E-state index contributed by atoms with van der Waals surface area (Å²) in [6.45, 7) is 1.80. The minimum atomic E-state index is -0.525. The molecule has 5 heteroatoms. The highest BCUT2D eigenvalue weighted by molar-refractivity contribution is 5.97. The molecule has 0 aromatic carbocycles. The molecule has 1 fully saturated rings. The number of ether oxygens (including phenoxy) is 2. The molecule has 16 heavy (non-hydrogen) atoms. The van der Waals surface area contributed by atoms with E-state index in [-0.39, 0.29) is 6.42 Å². The van der Waals surface area contributed by atoms with Crippen LogP contribution in [-0.2, 0) is 14.3 Å². The number of carbonyl (C=O) groups is 2. The molecule has 0 radical (unpaired) electrons. The largest absolute Gasteiger partial charge is 0.481 e. The lowest BCUT2D eigenvalue weighted by Gasteiger charge is -2.08. The molecule has 1 aromatic heterocycles. The van der Waals surface area contributed by atoms with Crippen LogP contribution in [0.4, 0.5) is 0 Å². The van der Waals surface area contributed by atoms with Crippen LogP contribution < -0.4 is 4.74 Å². The van der Waals surface area contributed by atoms with Crippen molar-refractivity contribution >= 4 is 11.9 Å². The lowest BCUT2D eigenvalue weighted by Crippen LogP contribution is -2.06. The average molecular weight is 221 g/mol. The Morgan fingerprint density at radius 1 is 1.44 bits per heavy atom. The predicted octanol–water partition coefficient (Wildman–Crippen LogP) is 0.956. The molecule has 0 N–H and O–H groups in total. The van der Waals surface area contributed by atoms with E-state index in [0.29, 0.717) is 11.4 Å². The minimum Gasteiger partial charge on any atom is -0.481 e. The molecule has 0 aliphatic carbocycles. The molecule has 1 aliphatic heterocycles. The van der Waals surface area contributed by atoms with E-state index >= 15 is 0 Å². The van der Waals surface area contributed by atoms with Crippen molar-refractivity contribution in [3.8, 4) is 5.88 Å². The van der Waals surface area contributed by atoms with Crippen LogP contribution in [0.2, 0.25) is 0 Å². The van der Waals surface area contributed by atoms with Gasteiger partial charge in [0.25, 0.3) is 0 Å². The van der Waals surface area contributed by atoms with Crippen LogP contribution in [-0.4, -0.2) is 24.0 Å². The molecular formula is C11H11NO4. The van der Waals surface area contributed by atoms with Crippen LogP contribution in [0, 0.1) is 6.92 Å². The number of methoxy groups -OCH3 is 1. The summed E-state index contributed by atoms with van der Waals surface area (Å²) in [4.78, 5) is 26.5. The molecule has 0 spiro atoms. The number of rotatable bonds is 2. The summed E-state index contributed by atoms with van der Waals surface area (Å²) in [5.41, 5.74) is 1.45. The molecule has 1 aromatic rings. The van der Waals surface area contributed by atoms with Crippen molar-refractivity contribution in [2.75, 3.05) is 7.11 Å². The Kier molecular flexibility index (Phi) is 2.60. The van der Waals surface area contributed by atoms with Crippen LogP contribution in [0.15, 0.2) is 12.1 Å². The fourth-order valence-corrected chi connectivity index (χ4v) is 1.70. The first-order valence-corrected chi connectivity index (χ1v) is 4.87. The van der Waals surface area contributed by atoms with Gasteiger partial charge in [-0.1, -0.05) is 0 Å². The molecule has 5 nitrogen and oxygen atoms in total. The molecule has 2 heterocycles. The van der Waals surface area contributed by atoms with Gasteiger partial charge in [0.05, 0.1) is 19.4 Å². The minimum absolute atomic E-state index is 0.0887. The number of hydrogen-bond acceptors (Lipinski definition) is 5. The fraction of sp³-hybridized carbons (Fsp3) is 0.364. The molecule has 0 saturated carbocycles. The van der Waals surface area contributed by atoms with E-state index < -0.39 is 17.9 Å². The number of nitrogens with zero attached hydrogens (tertiary/aromatic N) is 1. The van der Waals surface area contributed by atoms with E-state index in [1.807, 2.05) is 0 Å². The maximum absolute atomic E-state index is 11.4. The van der Waals surface area contributed by atoms with Crippen molar-refractivity contribution in [3.63, 3.8) is 0 Å². The van der Waals surface area contributed by atoms with E-state index in [0.717, 1.165) is 5.69 Å². The Hall–Kier alpha value is -1.91. The van der Waals surface area contributed by atoms with Crippen LogP contribution in [0.1, 0.15) is 23.6 Å². The van der Waals surface area contributed by atoms with E-state index in [2.05, 4.69) is 9.72 Å². The quantitative estimate of drug-likeness (QED) is 0.549. The average Bonchev–Trinajstić information content (AvgIpc) is 2.57. The standard InChI is InChI=1S/C11H11NO4/c1-6-3-7(4-9(12-6)15-2)8-5-10(13)16-11(8)14/h3-4,8H,5H2,1-2H3. The van der Waals surface area contributed by atoms with Gasteiger partial charge in [-0.3, -0.25) is 9.59 Å². The second-order valence-electron chi connectivity index (χ2n) is 3.63. The van der Waals surface area contributed by atoms with Gasteiger partial charge in [-0.05, 0) is 18.6 Å². The van der Waals surface area contributed by atoms with Crippen molar-refractivity contribution < 1.29 is 19.1 Å². The van der Waals surface area contributed by atoms with Gasteiger partial charge < -0.3 is 9.47 Å². The third kappa shape index (κ3) is 1.88. The number of carbonyl (C=O) groups excluding carboxylic acids is 2. The molecule has 1 aliphatic rings.